The lowest BCUT2D eigenvalue weighted by Crippen LogP contribution is -2.15. The van der Waals surface area contributed by atoms with Crippen LogP contribution in [0, 0.1) is 5.92 Å². The lowest BCUT2D eigenvalue weighted by Gasteiger charge is -2.05. The summed E-state index contributed by atoms with van der Waals surface area (Å²) >= 11 is 1.77. The van der Waals surface area contributed by atoms with E-state index >= 15 is 0 Å². The van der Waals surface area contributed by atoms with Gasteiger partial charge in [0.05, 0.1) is 0 Å². The van der Waals surface area contributed by atoms with Gasteiger partial charge in [0.25, 0.3) is 0 Å². The lowest BCUT2D eigenvalue weighted by molar-refractivity contribution is 0.643. The molecule has 1 saturated carbocycles. The van der Waals surface area contributed by atoms with E-state index in [1.165, 1.54) is 24.3 Å². The molecule has 1 aromatic heterocycles. The molecule has 0 spiro atoms. The molecule has 1 aliphatic rings. The fourth-order valence-corrected chi connectivity index (χ4v) is 2.11. The molecule has 4 heteroatoms. The Morgan fingerprint density at radius 2 is 2.36 bits per heavy atom. The molecule has 3 nitrogen and oxygen atoms in total. The van der Waals surface area contributed by atoms with Crippen molar-refractivity contribution in [3.8, 4) is 0 Å². The van der Waals surface area contributed by atoms with E-state index in [0.717, 1.165) is 17.6 Å². The molecule has 0 aliphatic heterocycles. The van der Waals surface area contributed by atoms with Crippen molar-refractivity contribution < 1.29 is 0 Å². The fourth-order valence-electron chi connectivity index (χ4n) is 1.31. The maximum Gasteiger partial charge on any atom is 0.185 e. The van der Waals surface area contributed by atoms with Gasteiger partial charge in [-0.05, 0) is 25.3 Å². The van der Waals surface area contributed by atoms with Crippen LogP contribution >= 0.6 is 11.3 Å². The summed E-state index contributed by atoms with van der Waals surface area (Å²) in [5.41, 5.74) is 0. The molecule has 1 aromatic rings. The van der Waals surface area contributed by atoms with E-state index < -0.39 is 0 Å². The minimum Gasteiger partial charge on any atom is -0.354 e. The molecule has 0 atom stereocenters. The van der Waals surface area contributed by atoms with Crippen molar-refractivity contribution in [2.24, 2.45) is 5.92 Å². The number of nitrogens with zero attached hydrogens (tertiary/aromatic N) is 2. The summed E-state index contributed by atoms with van der Waals surface area (Å²) in [7, 11) is 4.06. The van der Waals surface area contributed by atoms with Gasteiger partial charge >= 0.3 is 0 Å². The molecule has 2 rings (SSSR count). The number of hydrogen-bond acceptors (Lipinski definition) is 4. The Hall–Kier alpha value is -0.610. The first-order chi connectivity index (χ1) is 6.75. The van der Waals surface area contributed by atoms with Crippen LogP contribution in [0.3, 0.4) is 0 Å². The predicted molar refractivity (Wildman–Crippen MR) is 60.9 cm³/mol. The molecule has 0 bridgehead atoms. The normalized spacial score (nSPS) is 15.9. The van der Waals surface area contributed by atoms with Crippen LogP contribution in [0.5, 0.6) is 0 Å². The second-order valence-electron chi connectivity index (χ2n) is 4.08. The van der Waals surface area contributed by atoms with Crippen molar-refractivity contribution in [1.29, 1.82) is 0 Å². The van der Waals surface area contributed by atoms with Gasteiger partial charge in [-0.1, -0.05) is 0 Å². The average molecular weight is 211 g/mol. The van der Waals surface area contributed by atoms with Gasteiger partial charge in [0.15, 0.2) is 5.13 Å². The Bertz CT molecular complexity index is 291. The standard InChI is InChI=1S/C10H17N3S/c1-13(2)10-12-7-9(14-10)6-11-5-8-3-4-8/h7-8,11H,3-6H2,1-2H3. The van der Waals surface area contributed by atoms with E-state index in [4.69, 9.17) is 0 Å². The third kappa shape index (κ3) is 2.69. The summed E-state index contributed by atoms with van der Waals surface area (Å²) in [5.74, 6) is 0.955. The molecule has 0 unspecified atom stereocenters. The van der Waals surface area contributed by atoms with Crippen LogP contribution in [0.1, 0.15) is 17.7 Å². The second-order valence-corrected chi connectivity index (χ2v) is 5.17. The smallest absolute Gasteiger partial charge is 0.185 e. The van der Waals surface area contributed by atoms with Crippen molar-refractivity contribution >= 4 is 16.5 Å². The van der Waals surface area contributed by atoms with Crippen molar-refractivity contribution in [3.05, 3.63) is 11.1 Å². The summed E-state index contributed by atoms with van der Waals surface area (Å²) in [6.45, 7) is 2.15. The van der Waals surface area contributed by atoms with Gasteiger partial charge in [0.2, 0.25) is 0 Å². The number of hydrogen-bond donors (Lipinski definition) is 1. The zero-order chi connectivity index (χ0) is 9.97. The molecule has 0 aromatic carbocycles. The van der Waals surface area contributed by atoms with Crippen molar-refractivity contribution in [1.82, 2.24) is 10.3 Å². The molecule has 1 aliphatic carbocycles. The molecule has 1 heterocycles. The molecular weight excluding hydrogens is 194 g/mol. The minimum atomic E-state index is 0.955. The van der Waals surface area contributed by atoms with Crippen molar-refractivity contribution in [2.75, 3.05) is 25.5 Å². The largest absolute Gasteiger partial charge is 0.354 e. The zero-order valence-corrected chi connectivity index (χ0v) is 9.60. The van der Waals surface area contributed by atoms with E-state index in [0.29, 0.717) is 0 Å². The molecule has 0 radical (unpaired) electrons. The summed E-state index contributed by atoms with van der Waals surface area (Å²) in [4.78, 5) is 7.71. The van der Waals surface area contributed by atoms with E-state index in [-0.39, 0.29) is 0 Å². The molecule has 1 fully saturated rings. The lowest BCUT2D eigenvalue weighted by atomic mass is 10.4. The van der Waals surface area contributed by atoms with Crippen molar-refractivity contribution in [2.45, 2.75) is 19.4 Å². The van der Waals surface area contributed by atoms with Gasteiger partial charge in [-0.15, -0.1) is 11.3 Å². The van der Waals surface area contributed by atoms with Crippen LogP contribution in [-0.4, -0.2) is 25.6 Å². The highest BCUT2D eigenvalue weighted by atomic mass is 32.1. The first kappa shape index (κ1) is 9.93. The molecule has 1 N–H and O–H groups in total. The Morgan fingerprint density at radius 3 is 2.93 bits per heavy atom. The van der Waals surface area contributed by atoms with Gasteiger partial charge in [-0.2, -0.15) is 0 Å². The van der Waals surface area contributed by atoms with Crippen LogP contribution in [0.2, 0.25) is 0 Å². The number of rotatable bonds is 5. The number of thiazole rings is 1. The highest BCUT2D eigenvalue weighted by Crippen LogP contribution is 2.28. The summed E-state index contributed by atoms with van der Waals surface area (Å²) < 4.78 is 0. The third-order valence-corrected chi connectivity index (χ3v) is 3.52. The van der Waals surface area contributed by atoms with Crippen LogP contribution in [0.25, 0.3) is 0 Å². The number of nitrogens with one attached hydrogen (secondary N) is 1. The Kier molecular flexibility index (Phi) is 3.03. The first-order valence-electron chi connectivity index (χ1n) is 5.08. The third-order valence-electron chi connectivity index (χ3n) is 2.35. The van der Waals surface area contributed by atoms with E-state index in [1.54, 1.807) is 11.3 Å². The van der Waals surface area contributed by atoms with Crippen LogP contribution in [-0.2, 0) is 6.54 Å². The minimum absolute atomic E-state index is 0.955. The van der Waals surface area contributed by atoms with E-state index in [1.807, 2.05) is 20.3 Å². The molecule has 14 heavy (non-hydrogen) atoms. The maximum absolute atomic E-state index is 4.33. The quantitative estimate of drug-likeness (QED) is 0.803. The predicted octanol–water partition coefficient (Wildman–Crippen LogP) is 1.71. The van der Waals surface area contributed by atoms with Gasteiger partial charge < -0.3 is 10.2 Å². The van der Waals surface area contributed by atoms with Crippen LogP contribution in [0.4, 0.5) is 5.13 Å². The monoisotopic (exact) mass is 211 g/mol. The van der Waals surface area contributed by atoms with Gasteiger partial charge in [-0.3, -0.25) is 0 Å². The second kappa shape index (κ2) is 4.28. The molecular formula is C10H17N3S. The van der Waals surface area contributed by atoms with Crippen LogP contribution < -0.4 is 10.2 Å². The Morgan fingerprint density at radius 1 is 1.57 bits per heavy atom. The Labute approximate surface area is 89.1 Å². The Balaban J connectivity index is 1.77. The molecule has 0 amide bonds. The highest BCUT2D eigenvalue weighted by Gasteiger charge is 2.20. The van der Waals surface area contributed by atoms with E-state index in [9.17, 15) is 0 Å². The summed E-state index contributed by atoms with van der Waals surface area (Å²) in [5, 5.41) is 4.56. The van der Waals surface area contributed by atoms with Gasteiger partial charge in [0, 0.05) is 31.7 Å². The van der Waals surface area contributed by atoms with Gasteiger partial charge in [0.1, 0.15) is 0 Å². The zero-order valence-electron chi connectivity index (χ0n) is 8.79. The van der Waals surface area contributed by atoms with Crippen molar-refractivity contribution in [3.63, 3.8) is 0 Å². The maximum atomic E-state index is 4.33. The summed E-state index contributed by atoms with van der Waals surface area (Å²) in [6, 6.07) is 0. The number of anilines is 1. The fraction of sp³-hybridized carbons (Fsp3) is 0.700. The van der Waals surface area contributed by atoms with Crippen LogP contribution in [0.15, 0.2) is 6.20 Å². The van der Waals surface area contributed by atoms with Gasteiger partial charge in [-0.25, -0.2) is 4.98 Å². The molecule has 0 saturated heterocycles. The topological polar surface area (TPSA) is 28.2 Å². The number of aromatic nitrogens is 1. The highest BCUT2D eigenvalue weighted by molar-refractivity contribution is 7.15. The van der Waals surface area contributed by atoms with E-state index in [2.05, 4.69) is 15.2 Å². The molecule has 78 valence electrons. The first-order valence-corrected chi connectivity index (χ1v) is 5.90. The average Bonchev–Trinajstić information content (AvgIpc) is 2.82. The SMILES string of the molecule is CN(C)c1ncc(CNCC2CC2)s1. The summed E-state index contributed by atoms with van der Waals surface area (Å²) in [6.07, 6.45) is 4.80.